The van der Waals surface area contributed by atoms with Gasteiger partial charge in [-0.25, -0.2) is 0 Å². The molecule has 0 fully saturated rings. The summed E-state index contributed by atoms with van der Waals surface area (Å²) >= 11 is 0. The van der Waals surface area contributed by atoms with Crippen LogP contribution >= 0.6 is 0 Å². The Kier molecular flexibility index (Phi) is 4.85. The minimum atomic E-state index is -4.33. The summed E-state index contributed by atoms with van der Waals surface area (Å²) in [5, 5.41) is 9.14. The van der Waals surface area contributed by atoms with Crippen LogP contribution in [0.2, 0.25) is 0 Å². The van der Waals surface area contributed by atoms with E-state index in [0.29, 0.717) is 18.8 Å². The van der Waals surface area contributed by atoms with E-state index in [1.807, 2.05) is 35.2 Å². The Morgan fingerprint density at radius 1 is 0.905 bits per heavy atom. The third-order valence-electron chi connectivity index (χ3n) is 3.15. The van der Waals surface area contributed by atoms with E-state index >= 15 is 0 Å². The van der Waals surface area contributed by atoms with Gasteiger partial charge < -0.3 is 10.0 Å². The molecule has 5 heteroatoms. The highest BCUT2D eigenvalue weighted by Crippen LogP contribution is 2.30. The van der Waals surface area contributed by atoms with E-state index in [0.717, 1.165) is 17.7 Å². The molecule has 0 unspecified atom stereocenters. The van der Waals surface area contributed by atoms with Gasteiger partial charge in [-0.2, -0.15) is 13.2 Å². The fraction of sp³-hybridized carbons (Fsp3) is 0.250. The molecule has 2 rings (SSSR count). The van der Waals surface area contributed by atoms with E-state index in [1.54, 1.807) is 0 Å². The molecule has 0 atom stereocenters. The van der Waals surface area contributed by atoms with E-state index in [9.17, 15) is 13.2 Å². The minimum absolute atomic E-state index is 0.0617. The highest BCUT2D eigenvalue weighted by Gasteiger charge is 2.30. The van der Waals surface area contributed by atoms with Crippen LogP contribution in [-0.2, 0) is 12.7 Å². The molecule has 2 aromatic carbocycles. The lowest BCUT2D eigenvalue weighted by molar-refractivity contribution is -0.137. The lowest BCUT2D eigenvalue weighted by atomic mass is 10.1. The maximum atomic E-state index is 12.6. The summed E-state index contributed by atoms with van der Waals surface area (Å²) in [6.07, 6.45) is -4.33. The van der Waals surface area contributed by atoms with Gasteiger partial charge in [0.1, 0.15) is 0 Å². The zero-order valence-corrected chi connectivity index (χ0v) is 11.3. The summed E-state index contributed by atoms with van der Waals surface area (Å²) in [6, 6.07) is 14.6. The number of alkyl halides is 3. The summed E-state index contributed by atoms with van der Waals surface area (Å²) in [7, 11) is 0. The van der Waals surface area contributed by atoms with Crippen LogP contribution in [0.5, 0.6) is 0 Å². The van der Waals surface area contributed by atoms with Gasteiger partial charge in [-0.05, 0) is 29.8 Å². The average molecular weight is 295 g/mol. The lowest BCUT2D eigenvalue weighted by Gasteiger charge is -2.24. The second-order valence-electron chi connectivity index (χ2n) is 4.68. The van der Waals surface area contributed by atoms with Crippen LogP contribution in [0.1, 0.15) is 11.1 Å². The molecule has 0 aliphatic rings. The van der Waals surface area contributed by atoms with Crippen molar-refractivity contribution in [1.29, 1.82) is 0 Å². The average Bonchev–Trinajstić information content (AvgIpc) is 2.47. The van der Waals surface area contributed by atoms with Crippen molar-refractivity contribution in [2.75, 3.05) is 18.1 Å². The first kappa shape index (κ1) is 15.4. The molecule has 0 heterocycles. The summed E-state index contributed by atoms with van der Waals surface area (Å²) in [6.45, 7) is 0.834. The molecule has 0 aliphatic heterocycles. The Morgan fingerprint density at radius 3 is 2.05 bits per heavy atom. The first-order valence-electron chi connectivity index (χ1n) is 6.57. The van der Waals surface area contributed by atoms with Gasteiger partial charge in [-0.3, -0.25) is 0 Å². The molecular weight excluding hydrogens is 279 g/mol. The van der Waals surface area contributed by atoms with Gasteiger partial charge in [0.05, 0.1) is 12.2 Å². The monoisotopic (exact) mass is 295 g/mol. The van der Waals surface area contributed by atoms with Crippen molar-refractivity contribution in [3.05, 3.63) is 65.7 Å². The topological polar surface area (TPSA) is 23.5 Å². The number of hydrogen-bond acceptors (Lipinski definition) is 2. The predicted octanol–water partition coefficient (Wildman–Crippen LogP) is 3.70. The van der Waals surface area contributed by atoms with Crippen molar-refractivity contribution >= 4 is 5.69 Å². The summed E-state index contributed by atoms with van der Waals surface area (Å²) in [5.74, 6) is 0. The van der Waals surface area contributed by atoms with Crippen LogP contribution in [0.15, 0.2) is 54.6 Å². The molecule has 0 radical (unpaired) electrons. The van der Waals surface area contributed by atoms with Crippen molar-refractivity contribution in [3.8, 4) is 0 Å². The van der Waals surface area contributed by atoms with Crippen LogP contribution in [0.4, 0.5) is 18.9 Å². The van der Waals surface area contributed by atoms with Gasteiger partial charge in [0.2, 0.25) is 0 Å². The summed E-state index contributed by atoms with van der Waals surface area (Å²) < 4.78 is 37.7. The molecule has 0 aromatic heterocycles. The number of aliphatic hydroxyl groups is 1. The van der Waals surface area contributed by atoms with E-state index in [1.165, 1.54) is 12.1 Å². The standard InChI is InChI=1S/C16H16F3NO/c17-16(18,19)14-6-8-15(9-7-14)20(10-11-21)12-13-4-2-1-3-5-13/h1-9,21H,10-12H2. The van der Waals surface area contributed by atoms with Crippen LogP contribution in [0, 0.1) is 0 Å². The number of benzene rings is 2. The Balaban J connectivity index is 2.18. The molecule has 0 spiro atoms. The fourth-order valence-corrected chi connectivity index (χ4v) is 2.09. The summed E-state index contributed by atoms with van der Waals surface area (Å²) in [5.41, 5.74) is 1.02. The normalized spacial score (nSPS) is 11.4. The smallest absolute Gasteiger partial charge is 0.395 e. The summed E-state index contributed by atoms with van der Waals surface area (Å²) in [4.78, 5) is 1.84. The van der Waals surface area contributed by atoms with Gasteiger partial charge in [0.15, 0.2) is 0 Å². The third kappa shape index (κ3) is 4.23. The number of aliphatic hydroxyl groups excluding tert-OH is 1. The van der Waals surface area contributed by atoms with Gasteiger partial charge >= 0.3 is 6.18 Å². The number of anilines is 1. The van der Waals surface area contributed by atoms with Crippen molar-refractivity contribution in [2.45, 2.75) is 12.7 Å². The Labute approximate surface area is 121 Å². The minimum Gasteiger partial charge on any atom is -0.395 e. The number of rotatable bonds is 5. The molecule has 0 aliphatic carbocycles. The van der Waals surface area contributed by atoms with E-state index in [4.69, 9.17) is 5.11 Å². The van der Waals surface area contributed by atoms with Crippen molar-refractivity contribution in [3.63, 3.8) is 0 Å². The van der Waals surface area contributed by atoms with E-state index < -0.39 is 11.7 Å². The Hall–Kier alpha value is -2.01. The molecule has 21 heavy (non-hydrogen) atoms. The zero-order valence-electron chi connectivity index (χ0n) is 11.3. The number of hydrogen-bond donors (Lipinski definition) is 1. The number of halogens is 3. The van der Waals surface area contributed by atoms with E-state index in [-0.39, 0.29) is 6.61 Å². The maximum Gasteiger partial charge on any atom is 0.416 e. The van der Waals surface area contributed by atoms with Crippen LogP contribution < -0.4 is 4.90 Å². The third-order valence-corrected chi connectivity index (χ3v) is 3.15. The zero-order chi connectivity index (χ0) is 15.3. The van der Waals surface area contributed by atoms with Crippen molar-refractivity contribution < 1.29 is 18.3 Å². The highest BCUT2D eigenvalue weighted by molar-refractivity contribution is 5.48. The Morgan fingerprint density at radius 2 is 1.52 bits per heavy atom. The van der Waals surface area contributed by atoms with Crippen LogP contribution in [0.25, 0.3) is 0 Å². The Bertz CT molecular complexity index is 552. The van der Waals surface area contributed by atoms with Crippen LogP contribution in [-0.4, -0.2) is 18.3 Å². The maximum absolute atomic E-state index is 12.6. The quantitative estimate of drug-likeness (QED) is 0.909. The highest BCUT2D eigenvalue weighted by atomic mass is 19.4. The van der Waals surface area contributed by atoms with Gasteiger partial charge in [0, 0.05) is 18.8 Å². The van der Waals surface area contributed by atoms with Gasteiger partial charge in [-0.1, -0.05) is 30.3 Å². The molecule has 0 amide bonds. The molecule has 0 saturated carbocycles. The predicted molar refractivity (Wildman–Crippen MR) is 76.0 cm³/mol. The van der Waals surface area contributed by atoms with Gasteiger partial charge in [0.25, 0.3) is 0 Å². The molecule has 0 bridgehead atoms. The van der Waals surface area contributed by atoms with E-state index in [2.05, 4.69) is 0 Å². The second-order valence-corrected chi connectivity index (χ2v) is 4.68. The molecule has 2 nitrogen and oxygen atoms in total. The molecule has 1 N–H and O–H groups in total. The first-order valence-corrected chi connectivity index (χ1v) is 6.57. The second kappa shape index (κ2) is 6.63. The molecular formula is C16H16F3NO. The van der Waals surface area contributed by atoms with Crippen molar-refractivity contribution in [1.82, 2.24) is 0 Å². The SMILES string of the molecule is OCCN(Cc1ccccc1)c1ccc(C(F)(F)F)cc1. The number of nitrogens with zero attached hydrogens (tertiary/aromatic N) is 1. The lowest BCUT2D eigenvalue weighted by Crippen LogP contribution is -2.26. The molecule has 0 saturated heterocycles. The molecule has 2 aromatic rings. The molecule has 112 valence electrons. The van der Waals surface area contributed by atoms with Crippen molar-refractivity contribution in [2.24, 2.45) is 0 Å². The van der Waals surface area contributed by atoms with Gasteiger partial charge in [-0.15, -0.1) is 0 Å². The fourth-order valence-electron chi connectivity index (χ4n) is 2.09. The first-order chi connectivity index (χ1) is 10.0. The van der Waals surface area contributed by atoms with Crippen LogP contribution in [0.3, 0.4) is 0 Å². The largest absolute Gasteiger partial charge is 0.416 e.